The Morgan fingerprint density at radius 2 is 0.915 bits per heavy atom. The molecule has 59 heavy (non-hydrogen) atoms. The monoisotopic (exact) mass is 768 g/mol. The van der Waals surface area contributed by atoms with Gasteiger partial charge in [-0.1, -0.05) is 146 Å². The number of benzene rings is 10. The predicted octanol–water partition coefficient (Wildman–Crippen LogP) is 16.3. The summed E-state index contributed by atoms with van der Waals surface area (Å²) >= 11 is 1.88. The van der Waals surface area contributed by atoms with E-state index in [1.54, 1.807) is 0 Å². The molecule has 0 aliphatic carbocycles. The van der Waals surface area contributed by atoms with Gasteiger partial charge in [0, 0.05) is 53.7 Å². The highest BCUT2D eigenvalue weighted by molar-refractivity contribution is 7.26. The van der Waals surface area contributed by atoms with E-state index in [0.717, 1.165) is 17.1 Å². The summed E-state index contributed by atoms with van der Waals surface area (Å²) < 4.78 is 5.06. The van der Waals surface area contributed by atoms with Crippen molar-refractivity contribution in [3.05, 3.63) is 218 Å². The van der Waals surface area contributed by atoms with Crippen molar-refractivity contribution < 1.29 is 0 Å². The highest BCUT2D eigenvalue weighted by Crippen LogP contribution is 2.43. The molecule has 2 heterocycles. The van der Waals surface area contributed by atoms with Crippen LogP contribution in [0.1, 0.15) is 0 Å². The van der Waals surface area contributed by atoms with Crippen LogP contribution in [0.4, 0.5) is 17.1 Å². The second-order valence-electron chi connectivity index (χ2n) is 15.4. The van der Waals surface area contributed by atoms with Crippen molar-refractivity contribution in [3.63, 3.8) is 0 Å². The number of hydrogen-bond donors (Lipinski definition) is 0. The third-order valence-corrected chi connectivity index (χ3v) is 13.2. The van der Waals surface area contributed by atoms with Crippen molar-refractivity contribution in [2.24, 2.45) is 0 Å². The maximum atomic E-state index is 2.40. The van der Waals surface area contributed by atoms with E-state index in [4.69, 9.17) is 0 Å². The smallest absolute Gasteiger partial charge is 0.0541 e. The summed E-state index contributed by atoms with van der Waals surface area (Å²) in [6.07, 6.45) is 0. The van der Waals surface area contributed by atoms with Crippen LogP contribution in [0.25, 0.3) is 91.5 Å². The zero-order chi connectivity index (χ0) is 38.9. The summed E-state index contributed by atoms with van der Waals surface area (Å²) in [6, 6.07) is 80.0. The summed E-state index contributed by atoms with van der Waals surface area (Å²) in [4.78, 5) is 2.38. The minimum Gasteiger partial charge on any atom is -0.310 e. The van der Waals surface area contributed by atoms with Crippen LogP contribution in [0.5, 0.6) is 0 Å². The molecule has 12 rings (SSSR count). The van der Waals surface area contributed by atoms with E-state index < -0.39 is 0 Å². The summed E-state index contributed by atoms with van der Waals surface area (Å²) in [5.74, 6) is 0. The third kappa shape index (κ3) is 5.62. The summed E-state index contributed by atoms with van der Waals surface area (Å²) in [5, 5.41) is 10.1. The molecule has 0 radical (unpaired) electrons. The summed E-state index contributed by atoms with van der Waals surface area (Å²) in [6.45, 7) is 0. The van der Waals surface area contributed by atoms with Crippen molar-refractivity contribution in [3.8, 4) is 27.9 Å². The number of rotatable bonds is 6. The van der Waals surface area contributed by atoms with Gasteiger partial charge in [0.15, 0.2) is 0 Å². The van der Waals surface area contributed by atoms with E-state index >= 15 is 0 Å². The van der Waals surface area contributed by atoms with Gasteiger partial charge in [-0.2, -0.15) is 0 Å². The van der Waals surface area contributed by atoms with Crippen molar-refractivity contribution in [1.82, 2.24) is 4.57 Å². The van der Waals surface area contributed by atoms with E-state index in [1.165, 1.54) is 91.5 Å². The first kappa shape index (κ1) is 33.7. The maximum Gasteiger partial charge on any atom is 0.0541 e. The Morgan fingerprint density at radius 1 is 0.339 bits per heavy atom. The molecule has 0 aliphatic rings. The molecule has 0 atom stereocenters. The molecule has 0 spiro atoms. The molecule has 12 aromatic rings. The first-order valence-corrected chi connectivity index (χ1v) is 21.0. The van der Waals surface area contributed by atoms with Crippen LogP contribution in [-0.4, -0.2) is 4.57 Å². The molecule has 0 saturated heterocycles. The van der Waals surface area contributed by atoms with E-state index in [-0.39, 0.29) is 0 Å². The minimum atomic E-state index is 1.11. The number of aromatic nitrogens is 1. The fourth-order valence-corrected chi connectivity index (χ4v) is 10.3. The van der Waals surface area contributed by atoms with Gasteiger partial charge in [-0.3, -0.25) is 0 Å². The number of thiophene rings is 1. The molecular weight excluding hydrogens is 733 g/mol. The Hall–Kier alpha value is -7.46. The van der Waals surface area contributed by atoms with E-state index in [0.29, 0.717) is 0 Å². The Balaban J connectivity index is 0.938. The molecule has 0 N–H and O–H groups in total. The van der Waals surface area contributed by atoms with Crippen molar-refractivity contribution in [2.75, 3.05) is 4.90 Å². The van der Waals surface area contributed by atoms with Crippen molar-refractivity contribution >= 4 is 91.9 Å². The van der Waals surface area contributed by atoms with Gasteiger partial charge in [0.1, 0.15) is 0 Å². The van der Waals surface area contributed by atoms with Crippen LogP contribution < -0.4 is 4.90 Å². The van der Waals surface area contributed by atoms with Gasteiger partial charge in [0.2, 0.25) is 0 Å². The normalized spacial score (nSPS) is 11.7. The van der Waals surface area contributed by atoms with Crippen LogP contribution >= 0.6 is 11.3 Å². The predicted molar refractivity (Wildman–Crippen MR) is 254 cm³/mol. The van der Waals surface area contributed by atoms with Crippen LogP contribution in [0.2, 0.25) is 0 Å². The van der Waals surface area contributed by atoms with Crippen LogP contribution in [0.15, 0.2) is 218 Å². The Morgan fingerprint density at radius 3 is 1.69 bits per heavy atom. The quantitative estimate of drug-likeness (QED) is 0.164. The van der Waals surface area contributed by atoms with Gasteiger partial charge >= 0.3 is 0 Å². The molecule has 0 saturated carbocycles. The second-order valence-corrected chi connectivity index (χ2v) is 16.4. The number of hydrogen-bond acceptors (Lipinski definition) is 2. The number of nitrogens with zero attached hydrogens (tertiary/aromatic N) is 2. The van der Waals surface area contributed by atoms with Crippen LogP contribution in [0.3, 0.4) is 0 Å². The van der Waals surface area contributed by atoms with Gasteiger partial charge in [-0.15, -0.1) is 11.3 Å². The molecule has 10 aromatic carbocycles. The average Bonchev–Trinajstić information content (AvgIpc) is 3.85. The van der Waals surface area contributed by atoms with E-state index in [9.17, 15) is 0 Å². The molecule has 0 unspecified atom stereocenters. The standard InChI is InChI=1S/C56H36N2S/c1-3-12-41-34-46(31-22-37(41)10-1)57(45-29-24-40(25-30-45)48-16-9-17-51-50-15-6-8-19-55(50)59-56(48)51)44-27-20-39(21-28-44)43-26-33-54-52(36-43)49-14-5-7-18-53(49)58(54)47-32-23-38-11-2-4-13-42(38)35-47/h1-36H. The number of fused-ring (bicyclic) bond motifs is 8. The highest BCUT2D eigenvalue weighted by Gasteiger charge is 2.17. The number of anilines is 3. The molecular formula is C56H36N2S. The van der Waals surface area contributed by atoms with Crippen LogP contribution in [0, 0.1) is 0 Å². The Kier molecular flexibility index (Phi) is 7.75. The van der Waals surface area contributed by atoms with Gasteiger partial charge in [-0.05, 0) is 117 Å². The summed E-state index contributed by atoms with van der Waals surface area (Å²) in [5.41, 5.74) is 11.8. The SMILES string of the molecule is c1ccc2cc(N(c3ccc(-c4ccc5c(c4)c4ccccc4n5-c4ccc5ccccc5c4)cc3)c3ccc(-c4cccc5c4sc4ccccc45)cc3)ccc2c1. The lowest BCUT2D eigenvalue weighted by Gasteiger charge is -2.26. The largest absolute Gasteiger partial charge is 0.310 e. The first-order valence-electron chi connectivity index (χ1n) is 20.2. The van der Waals surface area contributed by atoms with E-state index in [2.05, 4.69) is 228 Å². The second kappa shape index (κ2) is 13.6. The molecule has 0 aliphatic heterocycles. The zero-order valence-corrected chi connectivity index (χ0v) is 32.9. The third-order valence-electron chi connectivity index (χ3n) is 12.0. The molecule has 276 valence electrons. The van der Waals surface area contributed by atoms with Gasteiger partial charge in [0.05, 0.1) is 11.0 Å². The molecule has 2 aromatic heterocycles. The lowest BCUT2D eigenvalue weighted by atomic mass is 10.0. The average molecular weight is 769 g/mol. The lowest BCUT2D eigenvalue weighted by Crippen LogP contribution is -2.09. The lowest BCUT2D eigenvalue weighted by molar-refractivity contribution is 1.19. The number of para-hydroxylation sites is 1. The molecule has 2 nitrogen and oxygen atoms in total. The zero-order valence-electron chi connectivity index (χ0n) is 32.1. The van der Waals surface area contributed by atoms with E-state index in [1.807, 2.05) is 11.3 Å². The van der Waals surface area contributed by atoms with Gasteiger partial charge < -0.3 is 9.47 Å². The molecule has 0 fully saturated rings. The van der Waals surface area contributed by atoms with Gasteiger partial charge in [-0.25, -0.2) is 0 Å². The van der Waals surface area contributed by atoms with Gasteiger partial charge in [0.25, 0.3) is 0 Å². The summed E-state index contributed by atoms with van der Waals surface area (Å²) in [7, 11) is 0. The minimum absolute atomic E-state index is 1.11. The Labute approximate surface area is 346 Å². The molecule has 0 amide bonds. The van der Waals surface area contributed by atoms with Crippen molar-refractivity contribution in [1.29, 1.82) is 0 Å². The first-order chi connectivity index (χ1) is 29.2. The fraction of sp³-hybridized carbons (Fsp3) is 0. The molecule has 0 bridgehead atoms. The maximum absolute atomic E-state index is 2.40. The van der Waals surface area contributed by atoms with Crippen molar-refractivity contribution in [2.45, 2.75) is 0 Å². The highest BCUT2D eigenvalue weighted by atomic mass is 32.1. The van der Waals surface area contributed by atoms with Crippen LogP contribution in [-0.2, 0) is 0 Å². The fourth-order valence-electron chi connectivity index (χ4n) is 9.08. The molecule has 3 heteroatoms. The topological polar surface area (TPSA) is 8.17 Å². The Bertz CT molecular complexity index is 3550.